The number of aliphatic imine (C=N–C) groups is 1. The maximum Gasteiger partial charge on any atom is 0.288 e. The highest BCUT2D eigenvalue weighted by atomic mass is 16.5. The van der Waals surface area contributed by atoms with Crippen LogP contribution in [0.25, 0.3) is 0 Å². The maximum atomic E-state index is 12.4. The molecule has 1 amide bonds. The SMILES string of the molecule is C#Cc1ccc(C(=O)Nc2ccnc([C@]3(C)C=C(C)OC(N)=N3)c2)nc1. The molecule has 3 heterocycles. The first kappa shape index (κ1) is 17.2. The van der Waals surface area contributed by atoms with Crippen LogP contribution in [0.5, 0.6) is 0 Å². The first-order valence-corrected chi connectivity index (χ1v) is 7.83. The zero-order valence-electron chi connectivity index (χ0n) is 14.4. The zero-order valence-corrected chi connectivity index (χ0v) is 14.4. The van der Waals surface area contributed by atoms with Crippen molar-refractivity contribution in [3.63, 3.8) is 0 Å². The van der Waals surface area contributed by atoms with E-state index in [1.54, 1.807) is 37.4 Å². The number of amides is 1. The van der Waals surface area contributed by atoms with Crippen molar-refractivity contribution >= 4 is 17.6 Å². The normalized spacial score (nSPS) is 18.8. The van der Waals surface area contributed by atoms with Crippen molar-refractivity contribution in [2.24, 2.45) is 10.7 Å². The number of hydrogen-bond donors (Lipinski definition) is 2. The molecule has 0 radical (unpaired) electrons. The minimum Gasteiger partial charge on any atom is -0.431 e. The van der Waals surface area contributed by atoms with Gasteiger partial charge in [0.1, 0.15) is 17.0 Å². The van der Waals surface area contributed by atoms with Crippen LogP contribution in [0.15, 0.2) is 53.5 Å². The molecule has 1 aliphatic rings. The molecular weight excluding hydrogens is 330 g/mol. The number of aromatic nitrogens is 2. The summed E-state index contributed by atoms with van der Waals surface area (Å²) >= 11 is 0. The molecule has 0 fully saturated rings. The van der Waals surface area contributed by atoms with Crippen LogP contribution in [-0.4, -0.2) is 21.9 Å². The highest BCUT2D eigenvalue weighted by molar-refractivity contribution is 6.02. The predicted molar refractivity (Wildman–Crippen MR) is 98.2 cm³/mol. The Bertz CT molecular complexity index is 937. The van der Waals surface area contributed by atoms with Gasteiger partial charge in [0, 0.05) is 23.6 Å². The molecule has 0 spiro atoms. The molecule has 1 aliphatic heterocycles. The summed E-state index contributed by atoms with van der Waals surface area (Å²) in [5, 5.41) is 2.79. The number of hydrogen-bond acceptors (Lipinski definition) is 6. The molecule has 0 saturated heterocycles. The summed E-state index contributed by atoms with van der Waals surface area (Å²) in [6.45, 7) is 3.65. The third-order valence-electron chi connectivity index (χ3n) is 3.79. The Morgan fingerprint density at radius 3 is 2.81 bits per heavy atom. The van der Waals surface area contributed by atoms with Crippen LogP contribution in [0.2, 0.25) is 0 Å². The topological polar surface area (TPSA) is 102 Å². The number of carbonyl (C=O) groups excluding carboxylic acids is 1. The van der Waals surface area contributed by atoms with Gasteiger partial charge in [-0.1, -0.05) is 5.92 Å². The highest BCUT2D eigenvalue weighted by Gasteiger charge is 2.30. The molecule has 0 saturated carbocycles. The Labute approximate surface area is 151 Å². The maximum absolute atomic E-state index is 12.4. The number of ether oxygens (including phenoxy) is 1. The number of terminal acetylenes is 1. The van der Waals surface area contributed by atoms with Gasteiger partial charge in [-0.25, -0.2) is 9.98 Å². The fraction of sp³-hybridized carbons (Fsp3) is 0.158. The van der Waals surface area contributed by atoms with Gasteiger partial charge >= 0.3 is 0 Å². The lowest BCUT2D eigenvalue weighted by molar-refractivity contribution is 0.102. The number of rotatable bonds is 3. The number of nitrogens with one attached hydrogen (secondary N) is 1. The number of amidine groups is 1. The van der Waals surface area contributed by atoms with Gasteiger partial charge in [0.2, 0.25) is 0 Å². The molecule has 1 atom stereocenters. The molecule has 3 N–H and O–H groups in total. The number of carbonyl (C=O) groups is 1. The zero-order chi connectivity index (χ0) is 18.7. The van der Waals surface area contributed by atoms with Gasteiger partial charge in [0.05, 0.1) is 5.69 Å². The Morgan fingerprint density at radius 2 is 2.15 bits per heavy atom. The van der Waals surface area contributed by atoms with Crippen LogP contribution in [0.1, 0.15) is 35.6 Å². The summed E-state index contributed by atoms with van der Waals surface area (Å²) < 4.78 is 5.24. The predicted octanol–water partition coefficient (Wildman–Crippen LogP) is 2.17. The second-order valence-electron chi connectivity index (χ2n) is 5.91. The van der Waals surface area contributed by atoms with E-state index in [0.29, 0.717) is 22.7 Å². The molecule has 7 nitrogen and oxygen atoms in total. The van der Waals surface area contributed by atoms with Crippen molar-refractivity contribution in [3.05, 3.63) is 65.4 Å². The minimum atomic E-state index is -0.778. The lowest BCUT2D eigenvalue weighted by Crippen LogP contribution is -2.30. The summed E-state index contributed by atoms with van der Waals surface area (Å²) in [5.41, 5.74) is 7.00. The molecule has 130 valence electrons. The van der Waals surface area contributed by atoms with Gasteiger partial charge in [-0.05, 0) is 44.2 Å². The quantitative estimate of drug-likeness (QED) is 0.829. The molecular formula is C19H17N5O2. The molecule has 3 rings (SSSR count). The molecule has 7 heteroatoms. The van der Waals surface area contributed by atoms with Crippen LogP contribution in [0.4, 0.5) is 5.69 Å². The Balaban J connectivity index is 1.84. The fourth-order valence-corrected chi connectivity index (χ4v) is 2.60. The van der Waals surface area contributed by atoms with Gasteiger partial charge in [-0.15, -0.1) is 6.42 Å². The number of pyridine rings is 2. The van der Waals surface area contributed by atoms with Gasteiger partial charge in [-0.2, -0.15) is 0 Å². The second kappa shape index (κ2) is 6.69. The van der Waals surface area contributed by atoms with Crippen LogP contribution >= 0.6 is 0 Å². The summed E-state index contributed by atoms with van der Waals surface area (Å²) in [6.07, 6.45) is 10.2. The van der Waals surface area contributed by atoms with E-state index < -0.39 is 5.54 Å². The molecule has 2 aromatic heterocycles. The summed E-state index contributed by atoms with van der Waals surface area (Å²) in [4.78, 5) is 25.1. The standard InChI is InChI=1S/C19H17N5O2/c1-4-13-5-6-15(22-11-13)17(25)23-14-7-8-21-16(9-14)19(3)10-12(2)26-18(20)24-19/h1,5-11H,2-3H3,(H2,20,24)(H,21,23,25)/t19-/m0/s1. The van der Waals surface area contributed by atoms with Crippen LogP contribution in [-0.2, 0) is 10.3 Å². The largest absolute Gasteiger partial charge is 0.431 e. The molecule has 26 heavy (non-hydrogen) atoms. The third kappa shape index (κ3) is 3.54. The van der Waals surface area contributed by atoms with Crippen LogP contribution in [0, 0.1) is 12.3 Å². The van der Waals surface area contributed by atoms with Gasteiger partial charge in [0.15, 0.2) is 0 Å². The molecule has 0 unspecified atom stereocenters. The van der Waals surface area contributed by atoms with E-state index in [1.165, 1.54) is 6.20 Å². The van der Waals surface area contributed by atoms with Crippen molar-refractivity contribution in [2.45, 2.75) is 19.4 Å². The Morgan fingerprint density at radius 1 is 1.35 bits per heavy atom. The van der Waals surface area contributed by atoms with E-state index in [1.807, 2.05) is 13.0 Å². The smallest absolute Gasteiger partial charge is 0.288 e. The van der Waals surface area contributed by atoms with E-state index in [0.717, 1.165) is 0 Å². The first-order valence-electron chi connectivity index (χ1n) is 7.83. The molecule has 2 aromatic rings. The van der Waals surface area contributed by atoms with Gasteiger partial charge in [0.25, 0.3) is 11.9 Å². The summed E-state index contributed by atoms with van der Waals surface area (Å²) in [5.74, 6) is 2.74. The number of allylic oxidation sites excluding steroid dienone is 1. The number of nitrogens with two attached hydrogens (primary N) is 1. The lowest BCUT2D eigenvalue weighted by Gasteiger charge is -2.26. The van der Waals surface area contributed by atoms with E-state index in [2.05, 4.69) is 26.2 Å². The van der Waals surface area contributed by atoms with E-state index >= 15 is 0 Å². The molecule has 0 bridgehead atoms. The average molecular weight is 347 g/mol. The fourth-order valence-electron chi connectivity index (χ4n) is 2.60. The van der Waals surface area contributed by atoms with Gasteiger partial charge < -0.3 is 15.8 Å². The average Bonchev–Trinajstić information content (AvgIpc) is 2.61. The first-order chi connectivity index (χ1) is 12.4. The highest BCUT2D eigenvalue weighted by Crippen LogP contribution is 2.31. The second-order valence-corrected chi connectivity index (χ2v) is 5.91. The van der Waals surface area contributed by atoms with E-state index in [-0.39, 0.29) is 17.6 Å². The third-order valence-corrected chi connectivity index (χ3v) is 3.79. The lowest BCUT2D eigenvalue weighted by atomic mass is 9.96. The van der Waals surface area contributed by atoms with Crippen molar-refractivity contribution < 1.29 is 9.53 Å². The van der Waals surface area contributed by atoms with Crippen molar-refractivity contribution in [2.75, 3.05) is 5.32 Å². The monoisotopic (exact) mass is 347 g/mol. The Kier molecular flexibility index (Phi) is 4.42. The van der Waals surface area contributed by atoms with Crippen LogP contribution < -0.4 is 11.1 Å². The van der Waals surface area contributed by atoms with Gasteiger partial charge in [-0.3, -0.25) is 9.78 Å². The molecule has 0 aliphatic carbocycles. The van der Waals surface area contributed by atoms with Crippen LogP contribution in [0.3, 0.4) is 0 Å². The summed E-state index contributed by atoms with van der Waals surface area (Å²) in [7, 11) is 0. The van der Waals surface area contributed by atoms with E-state index in [4.69, 9.17) is 16.9 Å². The molecule has 0 aromatic carbocycles. The minimum absolute atomic E-state index is 0.0709. The number of nitrogens with zero attached hydrogens (tertiary/aromatic N) is 3. The van der Waals surface area contributed by atoms with Crippen molar-refractivity contribution in [1.29, 1.82) is 0 Å². The van der Waals surface area contributed by atoms with Crippen molar-refractivity contribution in [1.82, 2.24) is 9.97 Å². The van der Waals surface area contributed by atoms with E-state index in [9.17, 15) is 4.79 Å². The van der Waals surface area contributed by atoms with Crippen molar-refractivity contribution in [3.8, 4) is 12.3 Å². The number of anilines is 1. The summed E-state index contributed by atoms with van der Waals surface area (Å²) in [6, 6.07) is 6.72. The Hall–Kier alpha value is -3.66.